The number of benzene rings is 1. The van der Waals surface area contributed by atoms with E-state index in [4.69, 9.17) is 9.47 Å². The third-order valence-electron chi connectivity index (χ3n) is 3.87. The van der Waals surface area contributed by atoms with Gasteiger partial charge in [-0.25, -0.2) is 9.59 Å². The summed E-state index contributed by atoms with van der Waals surface area (Å²) in [5.41, 5.74) is 2.40. The number of alkyl carbamates (subject to hydrolysis) is 1. The van der Waals surface area contributed by atoms with E-state index in [1.54, 1.807) is 32.9 Å². The predicted molar refractivity (Wildman–Crippen MR) is 108 cm³/mol. The first kappa shape index (κ1) is 21.4. The van der Waals surface area contributed by atoms with Crippen LogP contribution < -0.4 is 10.1 Å². The SMILES string of the molecule is Cc1ccc(C(C)C)c(OC(=O)c2ccc(CNC(=O)OC(C)(C)C)nc2)c1. The Morgan fingerprint density at radius 2 is 1.86 bits per heavy atom. The monoisotopic (exact) mass is 384 g/mol. The normalized spacial score (nSPS) is 11.2. The van der Waals surface area contributed by atoms with Crippen molar-refractivity contribution in [3.05, 3.63) is 58.9 Å². The number of carbonyl (C=O) groups is 2. The maximum absolute atomic E-state index is 12.5. The molecule has 0 aliphatic heterocycles. The van der Waals surface area contributed by atoms with Crippen molar-refractivity contribution in [1.29, 1.82) is 0 Å². The molecule has 0 unspecified atom stereocenters. The molecule has 1 aromatic heterocycles. The number of ether oxygens (including phenoxy) is 2. The summed E-state index contributed by atoms with van der Waals surface area (Å²) in [6.45, 7) is 11.7. The smallest absolute Gasteiger partial charge is 0.407 e. The van der Waals surface area contributed by atoms with Crippen LogP contribution in [0.2, 0.25) is 0 Å². The van der Waals surface area contributed by atoms with Crippen molar-refractivity contribution in [1.82, 2.24) is 10.3 Å². The van der Waals surface area contributed by atoms with E-state index in [1.165, 1.54) is 6.20 Å². The topological polar surface area (TPSA) is 77.5 Å². The van der Waals surface area contributed by atoms with Gasteiger partial charge in [-0.2, -0.15) is 0 Å². The first-order valence-corrected chi connectivity index (χ1v) is 9.29. The number of hydrogen-bond donors (Lipinski definition) is 1. The molecule has 0 aliphatic rings. The van der Waals surface area contributed by atoms with Gasteiger partial charge in [0.1, 0.15) is 11.4 Å². The Balaban J connectivity index is 2.01. The maximum Gasteiger partial charge on any atom is 0.407 e. The summed E-state index contributed by atoms with van der Waals surface area (Å²) in [6, 6.07) is 9.15. The molecule has 1 N–H and O–H groups in total. The van der Waals surface area contributed by atoms with Crippen LogP contribution in [0.1, 0.15) is 67.7 Å². The molecule has 1 heterocycles. The van der Waals surface area contributed by atoms with E-state index in [2.05, 4.69) is 24.1 Å². The average molecular weight is 384 g/mol. The zero-order valence-corrected chi connectivity index (χ0v) is 17.3. The standard InChI is InChI=1S/C22H28N2O4/c1-14(2)18-10-7-15(3)11-19(18)27-20(25)16-8-9-17(23-12-16)13-24-21(26)28-22(4,5)6/h7-12,14H,13H2,1-6H3,(H,24,26). The van der Waals surface area contributed by atoms with Crippen molar-refractivity contribution in [3.63, 3.8) is 0 Å². The molecule has 2 rings (SSSR count). The second kappa shape index (κ2) is 8.87. The number of aromatic nitrogens is 1. The molecule has 0 fully saturated rings. The quantitative estimate of drug-likeness (QED) is 0.594. The lowest BCUT2D eigenvalue weighted by Gasteiger charge is -2.19. The number of pyridine rings is 1. The molecule has 1 amide bonds. The van der Waals surface area contributed by atoms with Gasteiger partial charge in [0.05, 0.1) is 17.8 Å². The molecule has 0 atom stereocenters. The maximum atomic E-state index is 12.5. The number of amides is 1. The highest BCUT2D eigenvalue weighted by molar-refractivity contribution is 5.90. The summed E-state index contributed by atoms with van der Waals surface area (Å²) >= 11 is 0. The molecular weight excluding hydrogens is 356 g/mol. The van der Waals surface area contributed by atoms with Crippen LogP contribution in [0, 0.1) is 6.92 Å². The van der Waals surface area contributed by atoms with E-state index in [0.717, 1.165) is 11.1 Å². The highest BCUT2D eigenvalue weighted by Crippen LogP contribution is 2.28. The van der Waals surface area contributed by atoms with Crippen LogP contribution in [-0.4, -0.2) is 22.6 Å². The lowest BCUT2D eigenvalue weighted by atomic mass is 10.0. The largest absolute Gasteiger partial charge is 0.444 e. The Labute approximate surface area is 166 Å². The first-order valence-electron chi connectivity index (χ1n) is 9.29. The van der Waals surface area contributed by atoms with Crippen LogP contribution in [-0.2, 0) is 11.3 Å². The number of nitrogens with one attached hydrogen (secondary N) is 1. The zero-order chi connectivity index (χ0) is 20.9. The van der Waals surface area contributed by atoms with E-state index < -0.39 is 17.7 Å². The molecule has 150 valence electrons. The lowest BCUT2D eigenvalue weighted by Crippen LogP contribution is -2.32. The van der Waals surface area contributed by atoms with Gasteiger partial charge in [-0.05, 0) is 62.9 Å². The molecule has 0 radical (unpaired) electrons. The van der Waals surface area contributed by atoms with Crippen LogP contribution in [0.15, 0.2) is 36.5 Å². The Morgan fingerprint density at radius 3 is 2.43 bits per heavy atom. The minimum Gasteiger partial charge on any atom is -0.444 e. The van der Waals surface area contributed by atoms with Gasteiger partial charge in [-0.3, -0.25) is 4.98 Å². The van der Waals surface area contributed by atoms with Gasteiger partial charge in [0.2, 0.25) is 0 Å². The minimum absolute atomic E-state index is 0.208. The Hall–Kier alpha value is -2.89. The van der Waals surface area contributed by atoms with E-state index >= 15 is 0 Å². The Bertz CT molecular complexity index is 837. The number of nitrogens with zero attached hydrogens (tertiary/aromatic N) is 1. The highest BCUT2D eigenvalue weighted by Gasteiger charge is 2.17. The summed E-state index contributed by atoms with van der Waals surface area (Å²) in [5, 5.41) is 2.63. The van der Waals surface area contributed by atoms with Crippen LogP contribution in [0.4, 0.5) is 4.79 Å². The Kier molecular flexibility index (Phi) is 6.78. The molecule has 6 heteroatoms. The highest BCUT2D eigenvalue weighted by atomic mass is 16.6. The fourth-order valence-corrected chi connectivity index (χ4v) is 2.49. The molecule has 0 aliphatic carbocycles. The van der Waals surface area contributed by atoms with Crippen molar-refractivity contribution in [2.75, 3.05) is 0 Å². The average Bonchev–Trinajstić information content (AvgIpc) is 2.58. The first-order chi connectivity index (χ1) is 13.0. The number of aryl methyl sites for hydroxylation is 1. The second-order valence-electron chi connectivity index (χ2n) is 7.98. The summed E-state index contributed by atoms with van der Waals surface area (Å²) in [6.07, 6.45) is 0.928. The van der Waals surface area contributed by atoms with Crippen molar-refractivity contribution in [2.45, 2.75) is 59.6 Å². The van der Waals surface area contributed by atoms with Gasteiger partial charge in [0.15, 0.2) is 0 Å². The molecular formula is C22H28N2O4. The third kappa shape index (κ3) is 6.37. The van der Waals surface area contributed by atoms with E-state index in [9.17, 15) is 9.59 Å². The van der Waals surface area contributed by atoms with Gasteiger partial charge < -0.3 is 14.8 Å². The van der Waals surface area contributed by atoms with Crippen molar-refractivity contribution in [2.24, 2.45) is 0 Å². The fourth-order valence-electron chi connectivity index (χ4n) is 2.49. The summed E-state index contributed by atoms with van der Waals surface area (Å²) in [4.78, 5) is 28.4. The van der Waals surface area contributed by atoms with Gasteiger partial charge in [0.25, 0.3) is 0 Å². The number of rotatable bonds is 5. The van der Waals surface area contributed by atoms with Gasteiger partial charge in [-0.1, -0.05) is 26.0 Å². The molecule has 0 spiro atoms. The van der Waals surface area contributed by atoms with Gasteiger partial charge >= 0.3 is 12.1 Å². The zero-order valence-electron chi connectivity index (χ0n) is 17.3. The molecule has 0 bridgehead atoms. The van der Waals surface area contributed by atoms with Crippen LogP contribution in [0.3, 0.4) is 0 Å². The summed E-state index contributed by atoms with van der Waals surface area (Å²) in [5.74, 6) is 0.338. The van der Waals surface area contributed by atoms with Crippen molar-refractivity contribution < 1.29 is 19.1 Å². The third-order valence-corrected chi connectivity index (χ3v) is 3.87. The van der Waals surface area contributed by atoms with Crippen molar-refractivity contribution in [3.8, 4) is 5.75 Å². The molecule has 6 nitrogen and oxygen atoms in total. The number of esters is 1. The summed E-state index contributed by atoms with van der Waals surface area (Å²) in [7, 11) is 0. The van der Waals surface area contributed by atoms with Crippen molar-refractivity contribution >= 4 is 12.1 Å². The second-order valence-corrected chi connectivity index (χ2v) is 7.98. The predicted octanol–water partition coefficient (Wildman–Crippen LogP) is 4.76. The molecule has 28 heavy (non-hydrogen) atoms. The Morgan fingerprint density at radius 1 is 1.14 bits per heavy atom. The molecule has 1 aromatic carbocycles. The molecule has 2 aromatic rings. The lowest BCUT2D eigenvalue weighted by molar-refractivity contribution is 0.0522. The van der Waals surface area contributed by atoms with E-state index in [0.29, 0.717) is 17.0 Å². The molecule has 0 saturated heterocycles. The number of hydrogen-bond acceptors (Lipinski definition) is 5. The fraction of sp³-hybridized carbons (Fsp3) is 0.409. The van der Waals surface area contributed by atoms with Crippen LogP contribution in [0.25, 0.3) is 0 Å². The summed E-state index contributed by atoms with van der Waals surface area (Å²) < 4.78 is 10.8. The van der Waals surface area contributed by atoms with Gasteiger partial charge in [0, 0.05) is 6.20 Å². The van der Waals surface area contributed by atoms with E-state index in [1.807, 2.05) is 25.1 Å². The van der Waals surface area contributed by atoms with Crippen LogP contribution in [0.5, 0.6) is 5.75 Å². The number of carbonyl (C=O) groups excluding carboxylic acids is 2. The minimum atomic E-state index is -0.560. The van der Waals surface area contributed by atoms with Crippen LogP contribution >= 0.6 is 0 Å². The molecule has 0 saturated carbocycles. The van der Waals surface area contributed by atoms with E-state index in [-0.39, 0.29) is 12.5 Å². The van der Waals surface area contributed by atoms with Gasteiger partial charge in [-0.15, -0.1) is 0 Å².